The summed E-state index contributed by atoms with van der Waals surface area (Å²) in [5.74, 6) is -0.599. The molecule has 1 rings (SSSR count). The summed E-state index contributed by atoms with van der Waals surface area (Å²) in [7, 11) is 0. The van der Waals surface area contributed by atoms with Crippen molar-refractivity contribution in [2.75, 3.05) is 13.2 Å². The van der Waals surface area contributed by atoms with Crippen LogP contribution in [-0.4, -0.2) is 33.8 Å². The second-order valence-electron chi connectivity index (χ2n) is 3.33. The number of nitrogens with zero attached hydrogens (tertiary/aromatic N) is 2. The van der Waals surface area contributed by atoms with Gasteiger partial charge in [0.25, 0.3) is 5.69 Å². The summed E-state index contributed by atoms with van der Waals surface area (Å²) >= 11 is 0. The maximum Gasteiger partial charge on any atom is 0.355 e. The van der Waals surface area contributed by atoms with Gasteiger partial charge >= 0.3 is 5.97 Å². The largest absolute Gasteiger partial charge is 0.461 e. The summed E-state index contributed by atoms with van der Waals surface area (Å²) in [6.45, 7) is 2.15. The van der Waals surface area contributed by atoms with Crippen molar-refractivity contribution in [3.05, 3.63) is 28.1 Å². The van der Waals surface area contributed by atoms with Crippen LogP contribution in [0.15, 0.2) is 12.3 Å². The second kappa shape index (κ2) is 6.00. The highest BCUT2D eigenvalue weighted by atomic mass is 16.6. The van der Waals surface area contributed by atoms with E-state index >= 15 is 0 Å². The lowest BCUT2D eigenvalue weighted by Crippen LogP contribution is -2.12. The topological polar surface area (TPSA) is 94.6 Å². The Morgan fingerprint density at radius 3 is 2.88 bits per heavy atom. The zero-order valence-corrected chi connectivity index (χ0v) is 9.46. The zero-order valence-electron chi connectivity index (χ0n) is 9.46. The van der Waals surface area contributed by atoms with Gasteiger partial charge in [-0.05, 0) is 13.3 Å². The number of aryl methyl sites for hydroxylation is 1. The normalized spacial score (nSPS) is 10.2. The lowest BCUT2D eigenvalue weighted by Gasteiger charge is -2.06. The molecule has 0 bridgehead atoms. The van der Waals surface area contributed by atoms with Crippen LogP contribution in [0.3, 0.4) is 0 Å². The number of carbonyl (C=O) groups is 1. The lowest BCUT2D eigenvalue weighted by atomic mass is 10.4. The van der Waals surface area contributed by atoms with E-state index in [1.54, 1.807) is 6.92 Å². The number of aromatic nitrogens is 1. The fourth-order valence-electron chi connectivity index (χ4n) is 1.40. The Balaban J connectivity index is 2.98. The summed E-state index contributed by atoms with van der Waals surface area (Å²) in [5.41, 5.74) is -0.0296. The summed E-state index contributed by atoms with van der Waals surface area (Å²) in [5, 5.41) is 19.3. The SMILES string of the molecule is CCOC(=O)c1cc([N+](=O)[O-])cn1CCCO. The average Bonchev–Trinajstić information content (AvgIpc) is 2.70. The van der Waals surface area contributed by atoms with Crippen LogP contribution in [0.1, 0.15) is 23.8 Å². The van der Waals surface area contributed by atoms with Crippen LogP contribution in [0.5, 0.6) is 0 Å². The molecule has 0 aliphatic carbocycles. The molecule has 0 saturated heterocycles. The first kappa shape index (κ1) is 13.2. The number of aliphatic hydroxyl groups is 1. The molecule has 0 atom stereocenters. The molecule has 0 spiro atoms. The molecule has 1 heterocycles. The van der Waals surface area contributed by atoms with Crippen LogP contribution in [-0.2, 0) is 11.3 Å². The minimum absolute atomic E-state index is 0.0474. The molecule has 0 aliphatic heterocycles. The minimum Gasteiger partial charge on any atom is -0.461 e. The Labute approximate surface area is 97.8 Å². The van der Waals surface area contributed by atoms with Gasteiger partial charge in [0.15, 0.2) is 0 Å². The highest BCUT2D eigenvalue weighted by molar-refractivity contribution is 5.88. The van der Waals surface area contributed by atoms with Crippen molar-refractivity contribution in [2.24, 2.45) is 0 Å². The van der Waals surface area contributed by atoms with E-state index in [1.165, 1.54) is 16.8 Å². The summed E-state index contributed by atoms with van der Waals surface area (Å²) in [4.78, 5) is 21.6. The molecule has 0 aromatic carbocycles. The third-order valence-electron chi connectivity index (χ3n) is 2.13. The monoisotopic (exact) mass is 242 g/mol. The quantitative estimate of drug-likeness (QED) is 0.455. The van der Waals surface area contributed by atoms with Crippen LogP contribution in [0, 0.1) is 10.1 Å². The molecule has 0 fully saturated rings. The maximum atomic E-state index is 11.5. The Morgan fingerprint density at radius 2 is 2.35 bits per heavy atom. The number of rotatable bonds is 6. The molecule has 0 unspecified atom stereocenters. The maximum absolute atomic E-state index is 11.5. The summed E-state index contributed by atoms with van der Waals surface area (Å²) in [6, 6.07) is 1.18. The molecule has 0 amide bonds. The third-order valence-corrected chi connectivity index (χ3v) is 2.13. The summed E-state index contributed by atoms with van der Waals surface area (Å²) < 4.78 is 6.22. The first-order chi connectivity index (χ1) is 8.10. The van der Waals surface area contributed by atoms with E-state index in [0.29, 0.717) is 13.0 Å². The van der Waals surface area contributed by atoms with Crippen molar-refractivity contribution in [1.82, 2.24) is 4.57 Å². The van der Waals surface area contributed by atoms with E-state index in [9.17, 15) is 14.9 Å². The standard InChI is InChI=1S/C10H14N2O5/c1-2-17-10(14)9-6-8(12(15)16)7-11(9)4-3-5-13/h6-7,13H,2-5H2,1H3. The molecular weight excluding hydrogens is 228 g/mol. The molecule has 7 heteroatoms. The van der Waals surface area contributed by atoms with Crippen molar-refractivity contribution >= 4 is 11.7 Å². The van der Waals surface area contributed by atoms with Gasteiger partial charge in [-0.3, -0.25) is 10.1 Å². The molecule has 0 aliphatic rings. The number of aliphatic hydroxyl groups excluding tert-OH is 1. The number of esters is 1. The molecule has 17 heavy (non-hydrogen) atoms. The Morgan fingerprint density at radius 1 is 1.65 bits per heavy atom. The fourth-order valence-corrected chi connectivity index (χ4v) is 1.40. The van der Waals surface area contributed by atoms with Crippen molar-refractivity contribution in [3.8, 4) is 0 Å². The van der Waals surface area contributed by atoms with E-state index in [-0.39, 0.29) is 24.6 Å². The first-order valence-corrected chi connectivity index (χ1v) is 5.22. The number of hydrogen-bond acceptors (Lipinski definition) is 5. The van der Waals surface area contributed by atoms with E-state index in [0.717, 1.165) is 0 Å². The molecule has 1 aromatic rings. The van der Waals surface area contributed by atoms with Crippen LogP contribution >= 0.6 is 0 Å². The molecule has 0 radical (unpaired) electrons. The lowest BCUT2D eigenvalue weighted by molar-refractivity contribution is -0.384. The van der Waals surface area contributed by atoms with E-state index in [1.807, 2.05) is 0 Å². The number of nitro groups is 1. The third kappa shape index (κ3) is 3.28. The highest BCUT2D eigenvalue weighted by Gasteiger charge is 2.19. The van der Waals surface area contributed by atoms with Gasteiger partial charge in [-0.25, -0.2) is 4.79 Å². The van der Waals surface area contributed by atoms with E-state index < -0.39 is 10.9 Å². The van der Waals surface area contributed by atoms with Crippen molar-refractivity contribution in [3.63, 3.8) is 0 Å². The second-order valence-corrected chi connectivity index (χ2v) is 3.33. The van der Waals surface area contributed by atoms with E-state index in [2.05, 4.69) is 0 Å². The highest BCUT2D eigenvalue weighted by Crippen LogP contribution is 2.17. The Hall–Kier alpha value is -1.89. The van der Waals surface area contributed by atoms with Crippen LogP contribution < -0.4 is 0 Å². The van der Waals surface area contributed by atoms with E-state index in [4.69, 9.17) is 9.84 Å². The predicted molar refractivity (Wildman–Crippen MR) is 58.7 cm³/mol. The smallest absolute Gasteiger partial charge is 0.355 e. The average molecular weight is 242 g/mol. The fraction of sp³-hybridized carbons (Fsp3) is 0.500. The van der Waals surface area contributed by atoms with Gasteiger partial charge in [-0.2, -0.15) is 0 Å². The number of ether oxygens (including phenoxy) is 1. The number of carbonyl (C=O) groups excluding carboxylic acids is 1. The van der Waals surface area contributed by atoms with Crippen molar-refractivity contribution in [2.45, 2.75) is 19.9 Å². The van der Waals surface area contributed by atoms with Crippen LogP contribution in [0.25, 0.3) is 0 Å². The van der Waals surface area contributed by atoms with Crippen LogP contribution in [0.2, 0.25) is 0 Å². The van der Waals surface area contributed by atoms with Gasteiger partial charge in [0.05, 0.1) is 17.7 Å². The van der Waals surface area contributed by atoms with Gasteiger partial charge < -0.3 is 14.4 Å². The van der Waals surface area contributed by atoms with Crippen molar-refractivity contribution in [1.29, 1.82) is 0 Å². The van der Waals surface area contributed by atoms with Gasteiger partial charge in [-0.15, -0.1) is 0 Å². The number of hydrogen-bond donors (Lipinski definition) is 1. The Bertz CT molecular complexity index is 413. The van der Waals surface area contributed by atoms with Gasteiger partial charge in [0.1, 0.15) is 5.69 Å². The first-order valence-electron chi connectivity index (χ1n) is 5.22. The van der Waals surface area contributed by atoms with Gasteiger partial charge in [-0.1, -0.05) is 0 Å². The zero-order chi connectivity index (χ0) is 12.8. The molecule has 1 N–H and O–H groups in total. The Kier molecular flexibility index (Phi) is 4.65. The minimum atomic E-state index is -0.599. The van der Waals surface area contributed by atoms with Crippen LogP contribution in [0.4, 0.5) is 5.69 Å². The molecule has 0 saturated carbocycles. The molecule has 1 aromatic heterocycles. The predicted octanol–water partition coefficient (Wildman–Crippen LogP) is 0.955. The molecular formula is C10H14N2O5. The van der Waals surface area contributed by atoms with Gasteiger partial charge in [0.2, 0.25) is 0 Å². The molecule has 94 valence electrons. The van der Waals surface area contributed by atoms with Gasteiger partial charge in [0, 0.05) is 19.2 Å². The molecule has 7 nitrogen and oxygen atoms in total. The van der Waals surface area contributed by atoms with Crippen molar-refractivity contribution < 1.29 is 19.6 Å². The summed E-state index contributed by atoms with van der Waals surface area (Å²) in [6.07, 6.45) is 1.68.